The number of aromatic nitrogens is 3. The zero-order valence-electron chi connectivity index (χ0n) is 28.9. The second-order valence-corrected chi connectivity index (χ2v) is 13.4. The summed E-state index contributed by atoms with van der Waals surface area (Å²) in [5.41, 5.74) is 0.308. The van der Waals surface area contributed by atoms with Gasteiger partial charge in [-0.15, -0.1) is 0 Å². The van der Waals surface area contributed by atoms with Gasteiger partial charge in [0.25, 0.3) is 5.91 Å². The zero-order chi connectivity index (χ0) is 37.1. The van der Waals surface area contributed by atoms with Gasteiger partial charge >= 0.3 is 0 Å². The van der Waals surface area contributed by atoms with Gasteiger partial charge in [0.05, 0.1) is 40.2 Å². The fourth-order valence-electron chi connectivity index (χ4n) is 6.19. The summed E-state index contributed by atoms with van der Waals surface area (Å²) >= 11 is 12.9. The normalized spacial score (nSPS) is 13.7. The van der Waals surface area contributed by atoms with E-state index in [2.05, 4.69) is 32.2 Å². The number of likely N-dealkylation sites (N-methyl/N-ethyl adjacent to an activating group) is 1. The van der Waals surface area contributed by atoms with Crippen molar-refractivity contribution in [1.82, 2.24) is 24.6 Å². The largest absolute Gasteiger partial charge is 0.493 e. The van der Waals surface area contributed by atoms with Crippen LogP contribution in [0.15, 0.2) is 89.9 Å². The van der Waals surface area contributed by atoms with E-state index in [1.807, 2.05) is 0 Å². The predicted molar refractivity (Wildman–Crippen MR) is 204 cm³/mol. The van der Waals surface area contributed by atoms with Crippen LogP contribution in [0.25, 0.3) is 27.5 Å². The Morgan fingerprint density at radius 3 is 2.42 bits per heavy atom. The van der Waals surface area contributed by atoms with Crippen molar-refractivity contribution in [3.8, 4) is 28.7 Å². The number of hydrogen-bond acceptors (Lipinski definition) is 9. The number of para-hydroxylation sites is 2. The van der Waals surface area contributed by atoms with Crippen LogP contribution in [-0.4, -0.2) is 84.0 Å². The first-order valence-electron chi connectivity index (χ1n) is 17.0. The summed E-state index contributed by atoms with van der Waals surface area (Å²) in [6, 6.07) is 20.6. The number of halogens is 3. The number of ether oxygens (including phenoxy) is 3. The van der Waals surface area contributed by atoms with Crippen molar-refractivity contribution >= 4 is 56.6 Å². The molecule has 0 unspecified atom stereocenters. The van der Waals surface area contributed by atoms with Crippen LogP contribution in [0, 0.1) is 5.82 Å². The highest BCUT2D eigenvalue weighted by molar-refractivity contribution is 6.37. The second-order valence-electron chi connectivity index (χ2n) is 12.6. The molecule has 1 N–H and O–H groups in total. The lowest BCUT2D eigenvalue weighted by Gasteiger charge is -2.32. The summed E-state index contributed by atoms with van der Waals surface area (Å²) < 4.78 is 34.6. The molecular weight excluding hydrogens is 722 g/mol. The second kappa shape index (κ2) is 15.8. The third kappa shape index (κ3) is 7.77. The predicted octanol–water partition coefficient (Wildman–Crippen LogP) is 7.45. The minimum atomic E-state index is -0.852. The van der Waals surface area contributed by atoms with Gasteiger partial charge in [-0.2, -0.15) is 5.10 Å². The van der Waals surface area contributed by atoms with Gasteiger partial charge in [0.15, 0.2) is 28.8 Å². The van der Waals surface area contributed by atoms with Gasteiger partial charge in [0.2, 0.25) is 5.43 Å². The molecule has 3 heterocycles. The van der Waals surface area contributed by atoms with E-state index in [1.165, 1.54) is 16.8 Å². The monoisotopic (exact) mass is 756 g/mol. The van der Waals surface area contributed by atoms with Gasteiger partial charge in [-0.3, -0.25) is 14.6 Å². The average molecular weight is 758 g/mol. The fourth-order valence-corrected chi connectivity index (χ4v) is 6.75. The number of carbonyl (C=O) groups excluding carboxylic acids is 1. The van der Waals surface area contributed by atoms with E-state index in [9.17, 15) is 9.59 Å². The molecule has 0 atom stereocenters. The Kier molecular flexibility index (Phi) is 10.7. The lowest BCUT2D eigenvalue weighted by Crippen LogP contribution is -2.44. The first-order valence-corrected chi connectivity index (χ1v) is 17.7. The Morgan fingerprint density at radius 2 is 1.66 bits per heavy atom. The summed E-state index contributed by atoms with van der Waals surface area (Å²) in [7, 11) is 3.69. The SMILES string of the molecule is COc1cc2c(Oc3ccc(NC(=O)c4nn(-c5c(Cl)cccc5Cl)c5ccccc5c4=O)cc3F)ccnc2cc1OCCCN1CCN(C)CC1. The first-order chi connectivity index (χ1) is 25.7. The van der Waals surface area contributed by atoms with Crippen molar-refractivity contribution in [3.63, 3.8) is 0 Å². The summed E-state index contributed by atoms with van der Waals surface area (Å²) in [5, 5.41) is 8.27. The van der Waals surface area contributed by atoms with E-state index in [0.29, 0.717) is 46.0 Å². The Labute approximate surface area is 314 Å². The Balaban J connectivity index is 1.08. The van der Waals surface area contributed by atoms with Crippen LogP contribution in [0.3, 0.4) is 0 Å². The van der Waals surface area contributed by atoms with Crippen molar-refractivity contribution in [2.24, 2.45) is 0 Å². The van der Waals surface area contributed by atoms with E-state index in [4.69, 9.17) is 37.4 Å². The number of pyridine rings is 1. The van der Waals surface area contributed by atoms with E-state index in [-0.39, 0.29) is 26.9 Å². The first kappa shape index (κ1) is 36.1. The lowest BCUT2D eigenvalue weighted by atomic mass is 10.1. The Hall–Kier alpha value is -5.27. The van der Waals surface area contributed by atoms with E-state index in [1.54, 1.807) is 74.0 Å². The number of piperazine rings is 1. The molecule has 0 spiro atoms. The standard InChI is InChI=1S/C39H35Cl2FN6O5/c1-46-16-18-47(19-17-46)15-6-20-52-35-23-30-26(22-34(35)51-2)32(13-14-43-30)53-33-12-11-24(21-29(33)42)44-39(50)36-38(49)25-7-3-4-10-31(25)48(45-36)37-27(40)8-5-9-28(37)41/h3-5,7-14,21-23H,6,15-20H2,1-2H3,(H,44,50). The molecule has 2 aromatic heterocycles. The van der Waals surface area contributed by atoms with Gasteiger partial charge in [-0.05, 0) is 62.0 Å². The number of amides is 1. The molecule has 14 heteroatoms. The maximum absolute atomic E-state index is 15.5. The van der Waals surface area contributed by atoms with Crippen molar-refractivity contribution in [2.45, 2.75) is 6.42 Å². The van der Waals surface area contributed by atoms with Crippen LogP contribution < -0.4 is 25.0 Å². The molecule has 0 aliphatic carbocycles. The summed E-state index contributed by atoms with van der Waals surface area (Å²) in [4.78, 5) is 36.1. The van der Waals surface area contributed by atoms with Crippen LogP contribution in [-0.2, 0) is 0 Å². The molecule has 4 aromatic carbocycles. The number of nitrogens with zero attached hydrogens (tertiary/aromatic N) is 5. The summed E-state index contributed by atoms with van der Waals surface area (Å²) in [5.74, 6) is -0.325. The minimum Gasteiger partial charge on any atom is -0.493 e. The minimum absolute atomic E-state index is 0.0761. The van der Waals surface area contributed by atoms with Crippen molar-refractivity contribution < 1.29 is 23.4 Å². The lowest BCUT2D eigenvalue weighted by molar-refractivity contribution is 0.102. The number of carbonyl (C=O) groups is 1. The van der Waals surface area contributed by atoms with Gasteiger partial charge in [0.1, 0.15) is 11.4 Å². The molecule has 53 heavy (non-hydrogen) atoms. The van der Waals surface area contributed by atoms with Gasteiger partial charge < -0.3 is 29.3 Å². The zero-order valence-corrected chi connectivity index (χ0v) is 30.5. The molecule has 0 radical (unpaired) electrons. The number of anilines is 1. The molecule has 11 nitrogen and oxygen atoms in total. The number of fused-ring (bicyclic) bond motifs is 2. The molecule has 1 amide bonds. The topological polar surface area (TPSA) is 111 Å². The molecule has 1 saturated heterocycles. The number of benzene rings is 4. The van der Waals surface area contributed by atoms with Gasteiger partial charge in [-0.25, -0.2) is 9.07 Å². The smallest absolute Gasteiger partial charge is 0.280 e. The van der Waals surface area contributed by atoms with Crippen molar-refractivity contribution in [1.29, 1.82) is 0 Å². The van der Waals surface area contributed by atoms with Crippen LogP contribution in [0.4, 0.5) is 10.1 Å². The van der Waals surface area contributed by atoms with Crippen LogP contribution in [0.2, 0.25) is 10.0 Å². The Morgan fingerprint density at radius 1 is 0.887 bits per heavy atom. The van der Waals surface area contributed by atoms with Gasteiger partial charge in [0, 0.05) is 62.1 Å². The molecule has 0 saturated carbocycles. The molecule has 6 aromatic rings. The maximum atomic E-state index is 15.5. The molecular formula is C39H35Cl2FN6O5. The van der Waals surface area contributed by atoms with E-state index in [0.717, 1.165) is 45.2 Å². The number of methoxy groups -OCH3 is 1. The fraction of sp³-hybridized carbons (Fsp3) is 0.231. The maximum Gasteiger partial charge on any atom is 0.280 e. The third-order valence-corrected chi connectivity index (χ3v) is 9.64. The number of rotatable bonds is 11. The van der Waals surface area contributed by atoms with Crippen LogP contribution in [0.1, 0.15) is 16.9 Å². The molecule has 1 aliphatic rings. The molecule has 1 aliphatic heterocycles. The quantitative estimate of drug-likeness (QED) is 0.135. The molecule has 0 bridgehead atoms. The average Bonchev–Trinajstić information content (AvgIpc) is 3.15. The molecule has 272 valence electrons. The summed E-state index contributed by atoms with van der Waals surface area (Å²) in [6.45, 7) is 5.69. The third-order valence-electron chi connectivity index (χ3n) is 9.03. The van der Waals surface area contributed by atoms with Crippen LogP contribution >= 0.6 is 23.2 Å². The highest BCUT2D eigenvalue weighted by Crippen LogP contribution is 2.38. The van der Waals surface area contributed by atoms with Crippen molar-refractivity contribution in [2.75, 3.05) is 58.8 Å². The highest BCUT2D eigenvalue weighted by atomic mass is 35.5. The Bertz CT molecular complexity index is 2360. The highest BCUT2D eigenvalue weighted by Gasteiger charge is 2.22. The molecule has 1 fully saturated rings. The molecule has 7 rings (SSSR count). The van der Waals surface area contributed by atoms with E-state index < -0.39 is 22.8 Å². The summed E-state index contributed by atoms with van der Waals surface area (Å²) in [6.07, 6.45) is 2.43. The number of nitrogens with one attached hydrogen (secondary N) is 1. The van der Waals surface area contributed by atoms with Crippen LogP contribution in [0.5, 0.6) is 23.0 Å². The van der Waals surface area contributed by atoms with Crippen molar-refractivity contribution in [3.05, 3.63) is 117 Å². The van der Waals surface area contributed by atoms with E-state index >= 15 is 4.39 Å². The number of hydrogen-bond donors (Lipinski definition) is 1. The van der Waals surface area contributed by atoms with Gasteiger partial charge in [-0.1, -0.05) is 41.4 Å².